The first-order chi connectivity index (χ1) is 8.29. The summed E-state index contributed by atoms with van der Waals surface area (Å²) >= 11 is 6.06. The molecule has 0 aliphatic carbocycles. The van der Waals surface area contributed by atoms with Gasteiger partial charge in [-0.1, -0.05) is 24.9 Å². The fourth-order valence-electron chi connectivity index (χ4n) is 1.59. The number of rotatable bonds is 8. The zero-order valence-electron chi connectivity index (χ0n) is 10.5. The summed E-state index contributed by atoms with van der Waals surface area (Å²) in [6, 6.07) is 0. The summed E-state index contributed by atoms with van der Waals surface area (Å²) in [4.78, 5) is 8.25. The number of nitrogens with one attached hydrogen (secondary N) is 1. The molecule has 1 N–H and O–H groups in total. The lowest BCUT2D eigenvalue weighted by Gasteiger charge is -2.10. The van der Waals surface area contributed by atoms with Crippen molar-refractivity contribution >= 4 is 17.4 Å². The second-order valence-corrected chi connectivity index (χ2v) is 4.23. The van der Waals surface area contributed by atoms with E-state index in [2.05, 4.69) is 22.2 Å². The molecule has 5 heteroatoms. The van der Waals surface area contributed by atoms with Gasteiger partial charge in [0, 0.05) is 25.8 Å². The van der Waals surface area contributed by atoms with Crippen molar-refractivity contribution in [3.05, 3.63) is 17.0 Å². The van der Waals surface area contributed by atoms with Crippen molar-refractivity contribution in [2.45, 2.75) is 32.6 Å². The van der Waals surface area contributed by atoms with Gasteiger partial charge in [-0.3, -0.25) is 0 Å². The van der Waals surface area contributed by atoms with Crippen molar-refractivity contribution in [3.8, 4) is 0 Å². The maximum Gasteiger partial charge on any atom is 0.137 e. The summed E-state index contributed by atoms with van der Waals surface area (Å²) in [5, 5.41) is 3.86. The second-order valence-electron chi connectivity index (χ2n) is 3.87. The molecule has 0 bridgehead atoms. The van der Waals surface area contributed by atoms with Gasteiger partial charge in [0.05, 0.1) is 0 Å². The molecule has 0 spiro atoms. The summed E-state index contributed by atoms with van der Waals surface area (Å²) in [5.74, 6) is 0.865. The van der Waals surface area contributed by atoms with Gasteiger partial charge in [-0.15, -0.1) is 0 Å². The molecule has 0 aliphatic heterocycles. The smallest absolute Gasteiger partial charge is 0.137 e. The number of halogens is 1. The van der Waals surface area contributed by atoms with Crippen molar-refractivity contribution in [2.24, 2.45) is 0 Å². The average molecular weight is 258 g/mol. The first-order valence-corrected chi connectivity index (χ1v) is 6.39. The third-order valence-corrected chi connectivity index (χ3v) is 2.79. The van der Waals surface area contributed by atoms with Crippen molar-refractivity contribution < 1.29 is 4.74 Å². The van der Waals surface area contributed by atoms with E-state index in [0.29, 0.717) is 5.15 Å². The Morgan fingerprint density at radius 3 is 2.88 bits per heavy atom. The topological polar surface area (TPSA) is 47.0 Å². The molecule has 0 radical (unpaired) electrons. The number of ether oxygens (including phenoxy) is 1. The van der Waals surface area contributed by atoms with E-state index in [1.54, 1.807) is 7.11 Å². The van der Waals surface area contributed by atoms with E-state index < -0.39 is 0 Å². The van der Waals surface area contributed by atoms with E-state index in [-0.39, 0.29) is 0 Å². The molecule has 0 saturated carbocycles. The molecule has 0 aromatic carbocycles. The van der Waals surface area contributed by atoms with Gasteiger partial charge in [0.2, 0.25) is 0 Å². The Hall–Kier alpha value is -0.870. The maximum absolute atomic E-state index is 6.06. The highest BCUT2D eigenvalue weighted by molar-refractivity contribution is 6.30. The van der Waals surface area contributed by atoms with E-state index in [1.165, 1.54) is 6.33 Å². The number of anilines is 1. The normalized spacial score (nSPS) is 10.5. The monoisotopic (exact) mass is 257 g/mol. The van der Waals surface area contributed by atoms with Crippen LogP contribution < -0.4 is 5.32 Å². The highest BCUT2D eigenvalue weighted by Crippen LogP contribution is 2.21. The largest absolute Gasteiger partial charge is 0.385 e. The summed E-state index contributed by atoms with van der Waals surface area (Å²) in [5.41, 5.74) is 1.02. The average Bonchev–Trinajstić information content (AvgIpc) is 2.33. The number of nitrogens with zero attached hydrogens (tertiary/aromatic N) is 2. The number of hydrogen-bond acceptors (Lipinski definition) is 4. The molecule has 0 fully saturated rings. The van der Waals surface area contributed by atoms with Gasteiger partial charge >= 0.3 is 0 Å². The minimum Gasteiger partial charge on any atom is -0.385 e. The number of unbranched alkanes of at least 4 members (excludes halogenated alkanes) is 1. The Kier molecular flexibility index (Phi) is 6.89. The van der Waals surface area contributed by atoms with Crippen molar-refractivity contribution in [2.75, 3.05) is 25.6 Å². The summed E-state index contributed by atoms with van der Waals surface area (Å²) in [6.07, 6.45) is 5.54. The predicted octanol–water partition coefficient (Wildman–Crippen LogP) is 2.92. The minimum absolute atomic E-state index is 0.557. The first kappa shape index (κ1) is 14.2. The standard InChI is InChI=1S/C12H20ClN3O/c1-3-6-10-11(13)15-9-16-12(10)14-7-4-5-8-17-2/h9H,3-8H2,1-2H3,(H,14,15,16). The lowest BCUT2D eigenvalue weighted by molar-refractivity contribution is 0.194. The molecule has 0 atom stereocenters. The van der Waals surface area contributed by atoms with Crippen LogP contribution in [0, 0.1) is 0 Å². The van der Waals surface area contributed by atoms with Crippen LogP contribution in [0.15, 0.2) is 6.33 Å². The van der Waals surface area contributed by atoms with Gasteiger partial charge < -0.3 is 10.1 Å². The van der Waals surface area contributed by atoms with Crippen LogP contribution in [-0.4, -0.2) is 30.2 Å². The fraction of sp³-hybridized carbons (Fsp3) is 0.667. The molecule has 1 aromatic rings. The molecule has 4 nitrogen and oxygen atoms in total. The van der Waals surface area contributed by atoms with Crippen LogP contribution in [0.1, 0.15) is 31.7 Å². The second kappa shape index (κ2) is 8.25. The molecule has 17 heavy (non-hydrogen) atoms. The molecular weight excluding hydrogens is 238 g/mol. The summed E-state index contributed by atoms with van der Waals surface area (Å²) in [7, 11) is 1.72. The zero-order chi connectivity index (χ0) is 12.5. The quantitative estimate of drug-likeness (QED) is 0.575. The van der Waals surface area contributed by atoms with Crippen LogP contribution in [0.4, 0.5) is 5.82 Å². The number of aromatic nitrogens is 2. The number of hydrogen-bond donors (Lipinski definition) is 1. The van der Waals surface area contributed by atoms with E-state index >= 15 is 0 Å². The lowest BCUT2D eigenvalue weighted by Crippen LogP contribution is -2.08. The fourth-order valence-corrected chi connectivity index (χ4v) is 1.82. The highest BCUT2D eigenvalue weighted by atomic mass is 35.5. The van der Waals surface area contributed by atoms with Gasteiger partial charge in [0.1, 0.15) is 17.3 Å². The maximum atomic E-state index is 6.06. The van der Waals surface area contributed by atoms with Crippen LogP contribution in [0.2, 0.25) is 5.15 Å². The van der Waals surface area contributed by atoms with Gasteiger partial charge in [-0.05, 0) is 19.3 Å². The summed E-state index contributed by atoms with van der Waals surface area (Å²) in [6.45, 7) is 3.80. The van der Waals surface area contributed by atoms with E-state index in [1.807, 2.05) is 0 Å². The molecule has 0 unspecified atom stereocenters. The van der Waals surface area contributed by atoms with Crippen molar-refractivity contribution in [1.29, 1.82) is 0 Å². The third-order valence-electron chi connectivity index (χ3n) is 2.46. The van der Waals surface area contributed by atoms with Crippen molar-refractivity contribution in [3.63, 3.8) is 0 Å². The van der Waals surface area contributed by atoms with Gasteiger partial charge in [-0.2, -0.15) is 0 Å². The number of methoxy groups -OCH3 is 1. The predicted molar refractivity (Wildman–Crippen MR) is 70.6 cm³/mol. The first-order valence-electron chi connectivity index (χ1n) is 6.01. The van der Waals surface area contributed by atoms with E-state index in [4.69, 9.17) is 16.3 Å². The Bertz CT molecular complexity index is 334. The molecule has 0 aliphatic rings. The van der Waals surface area contributed by atoms with Gasteiger partial charge in [0.25, 0.3) is 0 Å². The van der Waals surface area contributed by atoms with Crippen molar-refractivity contribution in [1.82, 2.24) is 9.97 Å². The third kappa shape index (κ3) is 4.88. The Morgan fingerprint density at radius 2 is 2.18 bits per heavy atom. The minimum atomic E-state index is 0.557. The molecule has 1 rings (SSSR count). The highest BCUT2D eigenvalue weighted by Gasteiger charge is 2.08. The van der Waals surface area contributed by atoms with Crippen LogP contribution in [0.5, 0.6) is 0 Å². The molecule has 1 heterocycles. The van der Waals surface area contributed by atoms with E-state index in [0.717, 1.165) is 50.2 Å². The SMILES string of the molecule is CCCc1c(Cl)ncnc1NCCCCOC. The zero-order valence-corrected chi connectivity index (χ0v) is 11.3. The van der Waals surface area contributed by atoms with Crippen LogP contribution >= 0.6 is 11.6 Å². The van der Waals surface area contributed by atoms with E-state index in [9.17, 15) is 0 Å². The molecule has 96 valence electrons. The molecule has 0 amide bonds. The lowest BCUT2D eigenvalue weighted by atomic mass is 10.2. The van der Waals surface area contributed by atoms with Crippen LogP contribution in [0.3, 0.4) is 0 Å². The Labute approximate surface area is 108 Å². The van der Waals surface area contributed by atoms with Gasteiger partial charge in [-0.25, -0.2) is 9.97 Å². The summed E-state index contributed by atoms with van der Waals surface area (Å²) < 4.78 is 5.00. The van der Waals surface area contributed by atoms with Crippen LogP contribution in [0.25, 0.3) is 0 Å². The Balaban J connectivity index is 2.48. The molecule has 0 saturated heterocycles. The van der Waals surface area contributed by atoms with Gasteiger partial charge in [0.15, 0.2) is 0 Å². The van der Waals surface area contributed by atoms with Crippen LogP contribution in [-0.2, 0) is 11.2 Å². The molecular formula is C12H20ClN3O. The molecule has 1 aromatic heterocycles. The Morgan fingerprint density at radius 1 is 1.35 bits per heavy atom.